The summed E-state index contributed by atoms with van der Waals surface area (Å²) in [5.41, 5.74) is 0. The molecule has 0 bridgehead atoms. The molecule has 27 heavy (non-hydrogen) atoms. The topological polar surface area (TPSA) is 52.1 Å². The van der Waals surface area contributed by atoms with Gasteiger partial charge in [0.1, 0.15) is 0 Å². The maximum atomic E-state index is 5.10. The number of methoxy groups -OCH3 is 1. The van der Waals surface area contributed by atoms with E-state index in [9.17, 15) is 0 Å². The Morgan fingerprint density at radius 3 is 2.52 bits per heavy atom. The van der Waals surface area contributed by atoms with E-state index in [1.807, 2.05) is 0 Å². The second-order valence-corrected chi connectivity index (χ2v) is 7.30. The lowest BCUT2D eigenvalue weighted by molar-refractivity contribution is 0.180. The third-order valence-corrected chi connectivity index (χ3v) is 4.87. The molecule has 1 aliphatic heterocycles. The van der Waals surface area contributed by atoms with Gasteiger partial charge in [0.25, 0.3) is 0 Å². The normalized spacial score (nSPS) is 15.6. The largest absolute Gasteiger partial charge is 0.385 e. The summed E-state index contributed by atoms with van der Waals surface area (Å²) in [5, 5.41) is 6.79. The molecule has 0 amide bonds. The third kappa shape index (κ3) is 15.5. The van der Waals surface area contributed by atoms with Gasteiger partial charge in [0.15, 0.2) is 5.96 Å². The van der Waals surface area contributed by atoms with Crippen LogP contribution in [0.25, 0.3) is 0 Å². The predicted molar refractivity (Wildman–Crippen MR) is 128 cm³/mol. The predicted octanol–water partition coefficient (Wildman–Crippen LogP) is 2.78. The molecule has 6 nitrogen and oxygen atoms in total. The van der Waals surface area contributed by atoms with Gasteiger partial charge in [-0.1, -0.05) is 12.8 Å². The Morgan fingerprint density at radius 1 is 1.04 bits per heavy atom. The molecule has 1 heterocycles. The minimum Gasteiger partial charge on any atom is -0.385 e. The first-order chi connectivity index (χ1) is 12.8. The van der Waals surface area contributed by atoms with Crippen LogP contribution >= 0.6 is 24.0 Å². The second kappa shape index (κ2) is 19.2. The monoisotopic (exact) mass is 497 g/mol. The highest BCUT2D eigenvalue weighted by atomic mass is 127. The summed E-state index contributed by atoms with van der Waals surface area (Å²) in [4.78, 5) is 9.67. The van der Waals surface area contributed by atoms with Gasteiger partial charge in [-0.25, -0.2) is 0 Å². The summed E-state index contributed by atoms with van der Waals surface area (Å²) in [6.07, 6.45) is 9.06. The van der Waals surface area contributed by atoms with Crippen LogP contribution in [0.2, 0.25) is 0 Å². The summed E-state index contributed by atoms with van der Waals surface area (Å²) in [6, 6.07) is 0. The highest BCUT2D eigenvalue weighted by Gasteiger charge is 2.08. The molecule has 0 aromatic rings. The van der Waals surface area contributed by atoms with Crippen molar-refractivity contribution in [3.05, 3.63) is 0 Å². The van der Waals surface area contributed by atoms with Crippen molar-refractivity contribution < 1.29 is 4.74 Å². The molecular formula is C20H44IN5O. The molecule has 2 N–H and O–H groups in total. The first-order valence-electron chi connectivity index (χ1n) is 10.7. The van der Waals surface area contributed by atoms with E-state index < -0.39 is 0 Å². The Morgan fingerprint density at radius 2 is 1.81 bits per heavy atom. The number of halogens is 1. The molecule has 0 aromatic heterocycles. The van der Waals surface area contributed by atoms with Gasteiger partial charge in [-0.3, -0.25) is 4.99 Å². The van der Waals surface area contributed by atoms with E-state index in [4.69, 9.17) is 9.73 Å². The average molecular weight is 498 g/mol. The summed E-state index contributed by atoms with van der Waals surface area (Å²) >= 11 is 0. The zero-order chi connectivity index (χ0) is 18.9. The average Bonchev–Trinajstić information content (AvgIpc) is 2.65. The highest BCUT2D eigenvalue weighted by molar-refractivity contribution is 14.0. The number of ether oxygens (including phenoxy) is 1. The zero-order valence-electron chi connectivity index (χ0n) is 18.0. The molecule has 1 saturated heterocycles. The summed E-state index contributed by atoms with van der Waals surface area (Å²) < 4.78 is 5.10. The first-order valence-corrected chi connectivity index (χ1v) is 10.7. The van der Waals surface area contributed by atoms with E-state index in [-0.39, 0.29) is 24.0 Å². The van der Waals surface area contributed by atoms with Crippen LogP contribution in [0.4, 0.5) is 0 Å². The van der Waals surface area contributed by atoms with E-state index in [2.05, 4.69) is 34.4 Å². The van der Waals surface area contributed by atoms with Crippen molar-refractivity contribution in [3.8, 4) is 0 Å². The lowest BCUT2D eigenvalue weighted by Gasteiger charge is -2.26. The maximum Gasteiger partial charge on any atom is 0.191 e. The van der Waals surface area contributed by atoms with Gasteiger partial charge in [0.05, 0.1) is 0 Å². The number of rotatable bonds is 14. The maximum absolute atomic E-state index is 5.10. The number of nitrogens with one attached hydrogen (secondary N) is 2. The number of likely N-dealkylation sites (tertiary alicyclic amines) is 1. The van der Waals surface area contributed by atoms with Crippen LogP contribution in [0.5, 0.6) is 0 Å². The van der Waals surface area contributed by atoms with Crippen LogP contribution in [0.15, 0.2) is 4.99 Å². The number of guanidine groups is 1. The van der Waals surface area contributed by atoms with Gasteiger partial charge in [-0.2, -0.15) is 0 Å². The van der Waals surface area contributed by atoms with Gasteiger partial charge in [-0.15, -0.1) is 24.0 Å². The van der Waals surface area contributed by atoms with E-state index in [0.29, 0.717) is 0 Å². The lowest BCUT2D eigenvalue weighted by atomic mass is 10.1. The van der Waals surface area contributed by atoms with E-state index in [1.54, 1.807) is 7.11 Å². The van der Waals surface area contributed by atoms with Crippen LogP contribution in [0.3, 0.4) is 0 Å². The smallest absolute Gasteiger partial charge is 0.191 e. The molecular weight excluding hydrogens is 453 g/mol. The van der Waals surface area contributed by atoms with Crippen molar-refractivity contribution in [1.29, 1.82) is 0 Å². The molecule has 1 fully saturated rings. The van der Waals surface area contributed by atoms with E-state index >= 15 is 0 Å². The molecule has 0 radical (unpaired) electrons. The van der Waals surface area contributed by atoms with E-state index in [1.165, 1.54) is 58.2 Å². The second-order valence-electron chi connectivity index (χ2n) is 7.30. The van der Waals surface area contributed by atoms with Crippen molar-refractivity contribution in [2.75, 3.05) is 73.1 Å². The molecule has 7 heteroatoms. The quantitative estimate of drug-likeness (QED) is 0.167. The van der Waals surface area contributed by atoms with Gasteiger partial charge in [0.2, 0.25) is 0 Å². The third-order valence-electron chi connectivity index (χ3n) is 4.87. The van der Waals surface area contributed by atoms with Crippen molar-refractivity contribution in [2.45, 2.75) is 51.9 Å². The lowest BCUT2D eigenvalue weighted by Crippen LogP contribution is -2.41. The number of aliphatic imine (C=N–C) groups is 1. The minimum absolute atomic E-state index is 0. The Kier molecular flexibility index (Phi) is 19.1. The van der Waals surface area contributed by atoms with Crippen LogP contribution in [-0.2, 0) is 4.74 Å². The van der Waals surface area contributed by atoms with Crippen molar-refractivity contribution >= 4 is 29.9 Å². The number of piperidine rings is 1. The highest BCUT2D eigenvalue weighted by Crippen LogP contribution is 2.09. The Balaban J connectivity index is 0.00000676. The van der Waals surface area contributed by atoms with Crippen LogP contribution in [0, 0.1) is 0 Å². The summed E-state index contributed by atoms with van der Waals surface area (Å²) in [6.45, 7) is 11.7. The molecule has 0 saturated carbocycles. The fraction of sp³-hybridized carbons (Fsp3) is 0.950. The molecule has 0 aromatic carbocycles. The van der Waals surface area contributed by atoms with Gasteiger partial charge in [-0.05, 0) is 65.7 Å². The van der Waals surface area contributed by atoms with E-state index in [0.717, 1.165) is 51.7 Å². The zero-order valence-corrected chi connectivity index (χ0v) is 20.3. The van der Waals surface area contributed by atoms with Gasteiger partial charge in [0, 0.05) is 46.4 Å². The number of hydrogen-bond donors (Lipinski definition) is 2. The standard InChI is InChI=1S/C20H43N5O.HI/c1-4-21-20(23-13-18-24(2)14-11-19-26-3)22-12-7-5-8-15-25-16-9-6-10-17-25;/h4-19H2,1-3H3,(H2,21,22,23);1H. The molecule has 1 aliphatic rings. The molecule has 0 atom stereocenters. The molecule has 0 spiro atoms. The Labute approximate surface area is 184 Å². The van der Waals surface area contributed by atoms with Crippen molar-refractivity contribution in [1.82, 2.24) is 20.4 Å². The first kappa shape index (κ1) is 26.9. The summed E-state index contributed by atoms with van der Waals surface area (Å²) in [7, 11) is 3.91. The fourth-order valence-electron chi connectivity index (χ4n) is 3.30. The van der Waals surface area contributed by atoms with Crippen LogP contribution in [-0.4, -0.2) is 88.9 Å². The number of likely N-dealkylation sites (N-methyl/N-ethyl adjacent to an activating group) is 1. The summed E-state index contributed by atoms with van der Waals surface area (Å²) in [5.74, 6) is 0.953. The van der Waals surface area contributed by atoms with Crippen LogP contribution in [0.1, 0.15) is 51.9 Å². The van der Waals surface area contributed by atoms with Crippen LogP contribution < -0.4 is 10.6 Å². The minimum atomic E-state index is 0. The van der Waals surface area contributed by atoms with Crippen molar-refractivity contribution in [3.63, 3.8) is 0 Å². The SMILES string of the molecule is CCNC(=NCCCCCN1CCCCC1)NCCN(C)CCCOC.I. The van der Waals surface area contributed by atoms with Crippen molar-refractivity contribution in [2.24, 2.45) is 4.99 Å². The fourth-order valence-corrected chi connectivity index (χ4v) is 3.30. The molecule has 0 aliphatic carbocycles. The Hall–Kier alpha value is -0.120. The number of hydrogen-bond acceptors (Lipinski definition) is 4. The molecule has 162 valence electrons. The number of nitrogens with zero attached hydrogens (tertiary/aromatic N) is 3. The van der Waals surface area contributed by atoms with Gasteiger partial charge >= 0.3 is 0 Å². The molecule has 0 unspecified atom stereocenters. The number of unbranched alkanes of at least 4 members (excludes halogenated alkanes) is 2. The molecule has 1 rings (SSSR count). The Bertz CT molecular complexity index is 351. The van der Waals surface area contributed by atoms with Gasteiger partial charge < -0.3 is 25.2 Å².